The van der Waals surface area contributed by atoms with Crippen LogP contribution in [0.5, 0.6) is 0 Å². The zero-order valence-electron chi connectivity index (χ0n) is 8.54. The lowest BCUT2D eigenvalue weighted by Crippen LogP contribution is -2.40. The Balaban J connectivity index is 3.19. The Morgan fingerprint density at radius 3 is 2.38 bits per heavy atom. The Hall–Kier alpha value is -1.82. The predicted octanol–water partition coefficient (Wildman–Crippen LogP) is 0.942. The lowest BCUT2D eigenvalue weighted by Gasteiger charge is -2.18. The topological polar surface area (TPSA) is 80.5 Å². The molecule has 2 amide bonds. The summed E-state index contributed by atoms with van der Waals surface area (Å²) in [6.07, 6.45) is 1.30. The van der Waals surface area contributed by atoms with Crippen LogP contribution in [0.1, 0.15) is 0 Å². The number of carbonyl (C=O) groups excluding carboxylic acids is 1. The number of rotatable bonds is 4. The second-order valence-electron chi connectivity index (χ2n) is 2.98. The molecular formula is C10H12N2O3S. The summed E-state index contributed by atoms with van der Waals surface area (Å²) in [5.41, 5.74) is 5.01. The van der Waals surface area contributed by atoms with Gasteiger partial charge < -0.3 is 5.73 Å². The summed E-state index contributed by atoms with van der Waals surface area (Å²) in [6.45, 7) is 3.23. The van der Waals surface area contributed by atoms with Crippen LogP contribution >= 0.6 is 0 Å². The number of primary amides is 1. The monoisotopic (exact) mass is 240 g/mol. The molecule has 0 unspecified atom stereocenters. The van der Waals surface area contributed by atoms with Crippen molar-refractivity contribution in [3.05, 3.63) is 43.0 Å². The fourth-order valence-corrected chi connectivity index (χ4v) is 2.44. The van der Waals surface area contributed by atoms with Gasteiger partial charge in [-0.3, -0.25) is 0 Å². The molecule has 1 aromatic rings. The number of benzene rings is 1. The molecule has 2 N–H and O–H groups in total. The molecule has 0 heterocycles. The molecule has 0 bridgehead atoms. The van der Waals surface area contributed by atoms with Crippen LogP contribution in [0.4, 0.5) is 4.79 Å². The number of hydrogen-bond acceptors (Lipinski definition) is 3. The molecule has 1 rings (SSSR count). The average Bonchev–Trinajstić information content (AvgIpc) is 2.26. The van der Waals surface area contributed by atoms with Crippen LogP contribution in [-0.4, -0.2) is 25.3 Å². The van der Waals surface area contributed by atoms with Crippen LogP contribution in [0.3, 0.4) is 0 Å². The molecular weight excluding hydrogens is 228 g/mol. The number of nitrogens with two attached hydrogens (primary N) is 1. The third kappa shape index (κ3) is 2.40. The summed E-state index contributed by atoms with van der Waals surface area (Å²) in [5.74, 6) is 0. The Morgan fingerprint density at radius 2 is 1.94 bits per heavy atom. The van der Waals surface area contributed by atoms with E-state index in [1.165, 1.54) is 18.2 Å². The van der Waals surface area contributed by atoms with Gasteiger partial charge in [0.1, 0.15) is 0 Å². The van der Waals surface area contributed by atoms with E-state index in [1.807, 2.05) is 0 Å². The first-order chi connectivity index (χ1) is 7.50. The minimum atomic E-state index is -3.87. The maximum Gasteiger partial charge on any atom is 0.329 e. The number of nitrogens with zero attached hydrogens (tertiary/aromatic N) is 1. The van der Waals surface area contributed by atoms with Crippen molar-refractivity contribution in [1.82, 2.24) is 4.31 Å². The fourth-order valence-electron chi connectivity index (χ4n) is 1.14. The quantitative estimate of drug-likeness (QED) is 0.795. The van der Waals surface area contributed by atoms with Crippen molar-refractivity contribution in [2.45, 2.75) is 4.90 Å². The summed E-state index contributed by atoms with van der Waals surface area (Å²) < 4.78 is 24.4. The molecule has 0 saturated carbocycles. The molecule has 0 saturated heterocycles. The van der Waals surface area contributed by atoms with Crippen molar-refractivity contribution in [3.63, 3.8) is 0 Å². The molecule has 0 aromatic heterocycles. The largest absolute Gasteiger partial charge is 0.351 e. The van der Waals surface area contributed by atoms with E-state index in [-0.39, 0.29) is 11.4 Å². The lowest BCUT2D eigenvalue weighted by atomic mass is 10.4. The first kappa shape index (κ1) is 12.3. The van der Waals surface area contributed by atoms with Gasteiger partial charge >= 0.3 is 6.03 Å². The minimum Gasteiger partial charge on any atom is -0.351 e. The highest BCUT2D eigenvalue weighted by Crippen LogP contribution is 2.14. The van der Waals surface area contributed by atoms with E-state index in [4.69, 9.17) is 5.73 Å². The number of urea groups is 1. The van der Waals surface area contributed by atoms with Gasteiger partial charge in [-0.1, -0.05) is 24.3 Å². The van der Waals surface area contributed by atoms with Gasteiger partial charge in [-0.05, 0) is 12.1 Å². The molecule has 6 heteroatoms. The Labute approximate surface area is 94.2 Å². The van der Waals surface area contributed by atoms with Crippen molar-refractivity contribution in [2.24, 2.45) is 5.73 Å². The summed E-state index contributed by atoms with van der Waals surface area (Å²) in [5, 5.41) is 0. The molecule has 0 radical (unpaired) electrons. The van der Waals surface area contributed by atoms with Crippen LogP contribution < -0.4 is 5.73 Å². The maximum absolute atomic E-state index is 11.9. The second-order valence-corrected chi connectivity index (χ2v) is 4.84. The molecule has 0 aliphatic heterocycles. The number of amides is 2. The van der Waals surface area contributed by atoms with Crippen molar-refractivity contribution in [3.8, 4) is 0 Å². The van der Waals surface area contributed by atoms with E-state index in [9.17, 15) is 13.2 Å². The lowest BCUT2D eigenvalue weighted by molar-refractivity contribution is 0.234. The van der Waals surface area contributed by atoms with Gasteiger partial charge in [0.15, 0.2) is 0 Å². The van der Waals surface area contributed by atoms with Gasteiger partial charge in [-0.25, -0.2) is 17.5 Å². The summed E-state index contributed by atoms with van der Waals surface area (Å²) >= 11 is 0. The second kappa shape index (κ2) is 4.80. The Bertz CT molecular complexity index is 482. The smallest absolute Gasteiger partial charge is 0.329 e. The SMILES string of the molecule is C=CCN(C(N)=O)S(=O)(=O)c1ccccc1. The van der Waals surface area contributed by atoms with Crippen molar-refractivity contribution < 1.29 is 13.2 Å². The van der Waals surface area contributed by atoms with Crippen LogP contribution in [0, 0.1) is 0 Å². The van der Waals surface area contributed by atoms with Gasteiger partial charge in [0, 0.05) is 0 Å². The van der Waals surface area contributed by atoms with Crippen molar-refractivity contribution in [1.29, 1.82) is 0 Å². The highest BCUT2D eigenvalue weighted by Gasteiger charge is 2.25. The zero-order chi connectivity index (χ0) is 12.2. The van der Waals surface area contributed by atoms with Gasteiger partial charge in [0.05, 0.1) is 11.4 Å². The highest BCUT2D eigenvalue weighted by atomic mass is 32.2. The van der Waals surface area contributed by atoms with E-state index >= 15 is 0 Å². The molecule has 86 valence electrons. The summed E-state index contributed by atoms with van der Waals surface area (Å²) in [4.78, 5) is 11.1. The predicted molar refractivity (Wildman–Crippen MR) is 60.1 cm³/mol. The van der Waals surface area contributed by atoms with Crippen molar-refractivity contribution in [2.75, 3.05) is 6.54 Å². The van der Waals surface area contributed by atoms with E-state index in [0.29, 0.717) is 4.31 Å². The van der Waals surface area contributed by atoms with E-state index < -0.39 is 16.1 Å². The Kier molecular flexibility index (Phi) is 3.68. The number of carbonyl (C=O) groups is 1. The molecule has 5 nitrogen and oxygen atoms in total. The third-order valence-corrected chi connectivity index (χ3v) is 3.65. The molecule has 16 heavy (non-hydrogen) atoms. The maximum atomic E-state index is 11.9. The molecule has 0 atom stereocenters. The summed E-state index contributed by atoms with van der Waals surface area (Å²) in [6, 6.07) is 6.59. The van der Waals surface area contributed by atoms with Gasteiger partial charge in [-0.15, -0.1) is 6.58 Å². The summed E-state index contributed by atoms with van der Waals surface area (Å²) in [7, 11) is -3.87. The van der Waals surface area contributed by atoms with Crippen LogP contribution in [0.2, 0.25) is 0 Å². The van der Waals surface area contributed by atoms with Crippen LogP contribution in [0.25, 0.3) is 0 Å². The average molecular weight is 240 g/mol. The molecule has 1 aromatic carbocycles. The van der Waals surface area contributed by atoms with Gasteiger partial charge in [0.2, 0.25) is 0 Å². The molecule has 0 spiro atoms. The first-order valence-electron chi connectivity index (χ1n) is 4.48. The molecule has 0 aliphatic rings. The van der Waals surface area contributed by atoms with E-state index in [0.717, 1.165) is 0 Å². The number of hydrogen-bond donors (Lipinski definition) is 1. The first-order valence-corrected chi connectivity index (χ1v) is 5.92. The fraction of sp³-hybridized carbons (Fsp3) is 0.100. The molecule has 0 fully saturated rings. The van der Waals surface area contributed by atoms with Gasteiger partial charge in [-0.2, -0.15) is 0 Å². The van der Waals surface area contributed by atoms with Crippen LogP contribution in [0.15, 0.2) is 47.9 Å². The van der Waals surface area contributed by atoms with Crippen molar-refractivity contribution >= 4 is 16.1 Å². The zero-order valence-corrected chi connectivity index (χ0v) is 9.35. The van der Waals surface area contributed by atoms with E-state index in [1.54, 1.807) is 18.2 Å². The third-order valence-electron chi connectivity index (χ3n) is 1.87. The highest BCUT2D eigenvalue weighted by molar-refractivity contribution is 7.89. The standard InChI is InChI=1S/C10H12N2O3S/c1-2-8-12(10(11)13)16(14,15)9-6-4-3-5-7-9/h2-7H,1,8H2,(H2,11,13). The van der Waals surface area contributed by atoms with Crippen LogP contribution in [-0.2, 0) is 10.0 Å². The number of sulfonamides is 1. The van der Waals surface area contributed by atoms with Gasteiger partial charge in [0.25, 0.3) is 10.0 Å². The minimum absolute atomic E-state index is 0.0238. The van der Waals surface area contributed by atoms with E-state index in [2.05, 4.69) is 6.58 Å². The molecule has 0 aliphatic carbocycles. The Morgan fingerprint density at radius 1 is 1.38 bits per heavy atom. The normalized spacial score (nSPS) is 10.8.